The van der Waals surface area contributed by atoms with Gasteiger partial charge in [-0.3, -0.25) is 4.90 Å². The number of aryl methyl sites for hydroxylation is 1. The van der Waals surface area contributed by atoms with Gasteiger partial charge in [0.25, 0.3) is 0 Å². The first-order chi connectivity index (χ1) is 18.9. The number of amides is 2. The maximum atomic E-state index is 11.6. The molecule has 3 N–H and O–H groups in total. The summed E-state index contributed by atoms with van der Waals surface area (Å²) < 4.78 is 11.0. The molecule has 0 aliphatic carbocycles. The van der Waals surface area contributed by atoms with Gasteiger partial charge in [-0.25, -0.2) is 14.8 Å². The molecule has 1 atom stereocenters. The van der Waals surface area contributed by atoms with E-state index in [1.807, 2.05) is 19.1 Å². The highest BCUT2D eigenvalue weighted by atomic mass is 32.1. The number of methoxy groups -OCH3 is 2. The van der Waals surface area contributed by atoms with Crippen LogP contribution >= 0.6 is 11.3 Å². The first-order valence-electron chi connectivity index (χ1n) is 13.0. The van der Waals surface area contributed by atoms with Crippen molar-refractivity contribution in [1.29, 1.82) is 0 Å². The fraction of sp³-hybridized carbons (Fsp3) is 0.345. The fourth-order valence-corrected chi connectivity index (χ4v) is 6.59. The zero-order chi connectivity index (χ0) is 27.1. The number of urea groups is 1. The van der Waals surface area contributed by atoms with Gasteiger partial charge in [-0.2, -0.15) is 0 Å². The Kier molecular flexibility index (Phi) is 6.52. The van der Waals surface area contributed by atoms with E-state index in [4.69, 9.17) is 14.5 Å². The minimum absolute atomic E-state index is 0.0372. The Balaban J connectivity index is 1.21. The summed E-state index contributed by atoms with van der Waals surface area (Å²) in [5.74, 6) is 2.73. The number of anilines is 1. The molecule has 2 saturated heterocycles. The van der Waals surface area contributed by atoms with Crippen molar-refractivity contribution < 1.29 is 14.3 Å². The molecular weight excluding hydrogens is 512 g/mol. The normalized spacial score (nSPS) is 17.0. The molecule has 4 heterocycles. The second-order valence-corrected chi connectivity index (χ2v) is 11.4. The number of carbonyl (C=O) groups excluding carboxylic acids is 1. The van der Waals surface area contributed by atoms with Gasteiger partial charge in [-0.15, -0.1) is 11.3 Å². The van der Waals surface area contributed by atoms with Crippen LogP contribution in [0.2, 0.25) is 0 Å². The van der Waals surface area contributed by atoms with Crippen LogP contribution in [0.15, 0.2) is 48.5 Å². The molecule has 1 spiro atoms. The number of benzene rings is 2. The molecule has 1 unspecified atom stereocenters. The van der Waals surface area contributed by atoms with Crippen LogP contribution < -0.4 is 25.4 Å². The van der Waals surface area contributed by atoms with E-state index in [0.717, 1.165) is 36.4 Å². The van der Waals surface area contributed by atoms with Gasteiger partial charge >= 0.3 is 6.03 Å². The van der Waals surface area contributed by atoms with E-state index in [0.29, 0.717) is 23.9 Å². The van der Waals surface area contributed by atoms with Gasteiger partial charge in [-0.1, -0.05) is 24.3 Å². The predicted octanol–water partition coefficient (Wildman–Crippen LogP) is 4.72. The summed E-state index contributed by atoms with van der Waals surface area (Å²) >= 11 is 1.79. The number of carbonyl (C=O) groups is 1. The number of ether oxygens (including phenoxy) is 2. The highest BCUT2D eigenvalue weighted by Gasteiger charge is 2.47. The van der Waals surface area contributed by atoms with E-state index < -0.39 is 0 Å². The molecule has 6 rings (SSSR count). The first-order valence-corrected chi connectivity index (χ1v) is 13.8. The average Bonchev–Trinajstić information content (AvgIpc) is 3.55. The smallest absolute Gasteiger partial charge is 0.315 e. The molecule has 2 aromatic carbocycles. The van der Waals surface area contributed by atoms with Crippen LogP contribution in [0, 0.1) is 6.92 Å². The molecule has 2 aliphatic heterocycles. The number of nitrogens with one attached hydrogen (secondary N) is 3. The van der Waals surface area contributed by atoms with Crippen LogP contribution in [-0.2, 0) is 6.54 Å². The number of rotatable bonds is 8. The Morgan fingerprint density at radius 2 is 1.87 bits per heavy atom. The predicted molar refractivity (Wildman–Crippen MR) is 154 cm³/mol. The first kappa shape index (κ1) is 25.4. The summed E-state index contributed by atoms with van der Waals surface area (Å²) in [6, 6.07) is 16.8. The number of aromatic nitrogens is 2. The molecule has 2 aromatic heterocycles. The highest BCUT2D eigenvalue weighted by Crippen LogP contribution is 2.38. The largest absolute Gasteiger partial charge is 0.493 e. The Labute approximate surface area is 231 Å². The Morgan fingerprint density at radius 3 is 2.62 bits per heavy atom. The van der Waals surface area contributed by atoms with Crippen molar-refractivity contribution in [3.8, 4) is 21.9 Å². The third-order valence-electron chi connectivity index (χ3n) is 7.41. The molecule has 4 aromatic rings. The van der Waals surface area contributed by atoms with Crippen LogP contribution in [0.1, 0.15) is 29.2 Å². The quantitative estimate of drug-likeness (QED) is 0.295. The molecule has 2 fully saturated rings. The molecule has 2 aliphatic rings. The Hall–Kier alpha value is -3.89. The van der Waals surface area contributed by atoms with Gasteiger partial charge in [0.1, 0.15) is 11.6 Å². The molecule has 0 saturated carbocycles. The number of hydrogen-bond donors (Lipinski definition) is 3. The Morgan fingerprint density at radius 1 is 1.10 bits per heavy atom. The molecule has 2 amide bonds. The number of likely N-dealkylation sites (tertiary alicyclic amines) is 1. The SMILES string of the molecule is COc1cc2nc(C)nc(NC(C)c3ccc(-c4ccccc4CN4CC5(CNC(=O)N5)C4)s3)c2cc1OC. The van der Waals surface area contributed by atoms with Crippen molar-refractivity contribution in [2.75, 3.05) is 39.2 Å². The summed E-state index contributed by atoms with van der Waals surface area (Å²) in [5, 5.41) is 10.4. The van der Waals surface area contributed by atoms with Crippen molar-refractivity contribution in [2.24, 2.45) is 0 Å². The molecule has 202 valence electrons. The lowest BCUT2D eigenvalue weighted by Gasteiger charge is -2.47. The van der Waals surface area contributed by atoms with Crippen LogP contribution in [0.25, 0.3) is 21.3 Å². The van der Waals surface area contributed by atoms with Crippen molar-refractivity contribution in [1.82, 2.24) is 25.5 Å². The van der Waals surface area contributed by atoms with Crippen molar-refractivity contribution >= 4 is 34.1 Å². The second-order valence-electron chi connectivity index (χ2n) is 10.3. The number of thiophene rings is 1. The van der Waals surface area contributed by atoms with Gasteiger partial charge in [-0.05, 0) is 43.2 Å². The molecule has 9 nitrogen and oxygen atoms in total. The molecule has 0 radical (unpaired) electrons. The fourth-order valence-electron chi connectivity index (χ4n) is 5.52. The third-order valence-corrected chi connectivity index (χ3v) is 8.72. The zero-order valence-electron chi connectivity index (χ0n) is 22.5. The van der Waals surface area contributed by atoms with Crippen molar-refractivity contribution in [2.45, 2.75) is 32.0 Å². The summed E-state index contributed by atoms with van der Waals surface area (Å²) in [5.41, 5.74) is 3.23. The molecular formula is C29H32N6O3S. The number of fused-ring (bicyclic) bond motifs is 1. The van der Waals surface area contributed by atoms with E-state index in [9.17, 15) is 4.79 Å². The van der Waals surface area contributed by atoms with Crippen LogP contribution in [0.4, 0.5) is 10.6 Å². The highest BCUT2D eigenvalue weighted by molar-refractivity contribution is 7.15. The van der Waals surface area contributed by atoms with E-state index in [1.54, 1.807) is 25.6 Å². The summed E-state index contributed by atoms with van der Waals surface area (Å²) in [4.78, 5) is 25.7. The average molecular weight is 545 g/mol. The van der Waals surface area contributed by atoms with Crippen molar-refractivity contribution in [3.63, 3.8) is 0 Å². The molecule has 10 heteroatoms. The summed E-state index contributed by atoms with van der Waals surface area (Å²) in [6.45, 7) is 7.31. The van der Waals surface area contributed by atoms with Crippen LogP contribution in [0.3, 0.4) is 0 Å². The van der Waals surface area contributed by atoms with Gasteiger partial charge in [0, 0.05) is 47.4 Å². The molecule has 39 heavy (non-hydrogen) atoms. The Bertz CT molecular complexity index is 1550. The second kappa shape index (κ2) is 10.0. The minimum atomic E-state index is -0.109. The maximum Gasteiger partial charge on any atom is 0.315 e. The zero-order valence-corrected chi connectivity index (χ0v) is 23.3. The number of hydrogen-bond acceptors (Lipinski definition) is 8. The lowest BCUT2D eigenvalue weighted by molar-refractivity contribution is 0.0597. The number of nitrogens with zero attached hydrogens (tertiary/aromatic N) is 3. The van der Waals surface area contributed by atoms with E-state index in [2.05, 4.69) is 69.2 Å². The van der Waals surface area contributed by atoms with Gasteiger partial charge < -0.3 is 25.4 Å². The summed E-state index contributed by atoms with van der Waals surface area (Å²) in [6.07, 6.45) is 0. The van der Waals surface area contributed by atoms with E-state index in [-0.39, 0.29) is 17.6 Å². The lowest BCUT2D eigenvalue weighted by Crippen LogP contribution is -2.68. The van der Waals surface area contributed by atoms with Gasteiger partial charge in [0.15, 0.2) is 11.5 Å². The third kappa shape index (κ3) is 4.86. The lowest BCUT2D eigenvalue weighted by atomic mass is 9.90. The standard InChI is InChI=1S/C29H32N6O3S/c1-17(31-27-21-11-23(37-3)24(38-4)12-22(21)32-18(2)33-27)25-9-10-26(39-25)20-8-6-5-7-19(20)13-35-15-29(16-35)14-30-28(36)34-29/h5-12,17H,13-16H2,1-4H3,(H2,30,34,36)(H,31,32,33). The van der Waals surface area contributed by atoms with E-state index in [1.165, 1.54) is 20.9 Å². The van der Waals surface area contributed by atoms with E-state index >= 15 is 0 Å². The van der Waals surface area contributed by atoms with Crippen LogP contribution in [0.5, 0.6) is 11.5 Å². The summed E-state index contributed by atoms with van der Waals surface area (Å²) in [7, 11) is 3.25. The molecule has 0 bridgehead atoms. The van der Waals surface area contributed by atoms with Gasteiger partial charge in [0.05, 0.1) is 31.3 Å². The minimum Gasteiger partial charge on any atom is -0.493 e. The van der Waals surface area contributed by atoms with Gasteiger partial charge in [0.2, 0.25) is 0 Å². The maximum absolute atomic E-state index is 11.6. The topological polar surface area (TPSA) is 101 Å². The van der Waals surface area contributed by atoms with Crippen LogP contribution in [-0.4, -0.2) is 60.3 Å². The monoisotopic (exact) mass is 544 g/mol. The van der Waals surface area contributed by atoms with Crippen molar-refractivity contribution in [3.05, 3.63) is 64.8 Å².